The lowest BCUT2D eigenvalue weighted by molar-refractivity contribution is -0.116. The van der Waals surface area contributed by atoms with Crippen molar-refractivity contribution < 1.29 is 13.2 Å². The van der Waals surface area contributed by atoms with Crippen LogP contribution < -0.4 is 5.32 Å². The zero-order valence-corrected chi connectivity index (χ0v) is 15.9. The predicted molar refractivity (Wildman–Crippen MR) is 102 cm³/mol. The second-order valence-electron chi connectivity index (χ2n) is 6.16. The summed E-state index contributed by atoms with van der Waals surface area (Å²) in [5.41, 5.74) is 2.46. The van der Waals surface area contributed by atoms with Crippen molar-refractivity contribution in [3.8, 4) is 0 Å². The van der Waals surface area contributed by atoms with E-state index in [1.54, 1.807) is 30.3 Å². The Hall–Kier alpha value is -1.93. The molecule has 0 unspecified atom stereocenters. The number of hydrogen-bond donors (Lipinski definition) is 1. The summed E-state index contributed by atoms with van der Waals surface area (Å²) in [6, 6.07) is 14.4. The molecule has 0 aliphatic carbocycles. The minimum atomic E-state index is -3.66. The standard InChI is InChI=1S/C18H20ClN3O3S/c1-14-4-2-3-5-17(14)20-18(23)13-22-11-10-21(26(22,24)25)12-15-6-8-16(19)9-7-15/h2-9H,10-13H2,1H3,(H,20,23). The Balaban J connectivity index is 1.63. The molecule has 1 saturated heterocycles. The number of carbonyl (C=O) groups excluding carboxylic acids is 1. The van der Waals surface area contributed by atoms with Gasteiger partial charge in [0.25, 0.3) is 10.2 Å². The van der Waals surface area contributed by atoms with E-state index in [-0.39, 0.29) is 25.5 Å². The van der Waals surface area contributed by atoms with Crippen LogP contribution in [0.1, 0.15) is 11.1 Å². The second-order valence-corrected chi connectivity index (χ2v) is 8.53. The van der Waals surface area contributed by atoms with Gasteiger partial charge >= 0.3 is 0 Å². The maximum absolute atomic E-state index is 12.7. The van der Waals surface area contributed by atoms with Crippen molar-refractivity contribution in [2.24, 2.45) is 0 Å². The van der Waals surface area contributed by atoms with Gasteiger partial charge < -0.3 is 5.32 Å². The van der Waals surface area contributed by atoms with Crippen molar-refractivity contribution in [3.05, 3.63) is 64.7 Å². The highest BCUT2D eigenvalue weighted by molar-refractivity contribution is 7.87. The first-order valence-electron chi connectivity index (χ1n) is 8.21. The molecule has 2 aromatic rings. The lowest BCUT2D eigenvalue weighted by Gasteiger charge is -2.18. The number of para-hydroxylation sites is 1. The van der Waals surface area contributed by atoms with Crippen LogP contribution in [0.5, 0.6) is 0 Å². The van der Waals surface area contributed by atoms with Crippen LogP contribution in [-0.2, 0) is 21.5 Å². The Morgan fingerprint density at radius 1 is 1.08 bits per heavy atom. The molecule has 1 fully saturated rings. The zero-order valence-electron chi connectivity index (χ0n) is 14.4. The van der Waals surface area contributed by atoms with Gasteiger partial charge in [-0.1, -0.05) is 41.9 Å². The average molecular weight is 394 g/mol. The molecule has 1 heterocycles. The number of carbonyl (C=O) groups is 1. The van der Waals surface area contributed by atoms with Crippen molar-refractivity contribution in [3.63, 3.8) is 0 Å². The third-order valence-corrected chi connectivity index (χ3v) is 6.44. The summed E-state index contributed by atoms with van der Waals surface area (Å²) in [6.07, 6.45) is 0. The van der Waals surface area contributed by atoms with E-state index >= 15 is 0 Å². The number of aryl methyl sites for hydroxylation is 1. The van der Waals surface area contributed by atoms with Crippen LogP contribution in [-0.4, -0.2) is 42.6 Å². The lowest BCUT2D eigenvalue weighted by atomic mass is 10.2. The molecule has 0 spiro atoms. The van der Waals surface area contributed by atoms with Gasteiger partial charge in [-0.25, -0.2) is 0 Å². The van der Waals surface area contributed by atoms with E-state index in [2.05, 4.69) is 5.32 Å². The summed E-state index contributed by atoms with van der Waals surface area (Å²) in [5.74, 6) is -0.351. The largest absolute Gasteiger partial charge is 0.325 e. The van der Waals surface area contributed by atoms with E-state index in [9.17, 15) is 13.2 Å². The Kier molecular flexibility index (Phi) is 5.62. The van der Waals surface area contributed by atoms with E-state index in [1.165, 1.54) is 8.61 Å². The molecule has 1 aliphatic heterocycles. The molecule has 0 saturated carbocycles. The smallest absolute Gasteiger partial charge is 0.282 e. The molecule has 0 bridgehead atoms. The molecule has 0 atom stereocenters. The van der Waals surface area contributed by atoms with Gasteiger partial charge in [0, 0.05) is 30.3 Å². The summed E-state index contributed by atoms with van der Waals surface area (Å²) in [6.45, 7) is 2.58. The molecule has 26 heavy (non-hydrogen) atoms. The number of amides is 1. The van der Waals surface area contributed by atoms with E-state index in [4.69, 9.17) is 11.6 Å². The molecule has 1 amide bonds. The van der Waals surface area contributed by atoms with Crippen LogP contribution in [0.3, 0.4) is 0 Å². The molecule has 8 heteroatoms. The normalized spacial score (nSPS) is 17.3. The number of nitrogens with one attached hydrogen (secondary N) is 1. The summed E-state index contributed by atoms with van der Waals surface area (Å²) in [7, 11) is -3.66. The van der Waals surface area contributed by atoms with E-state index < -0.39 is 10.2 Å². The van der Waals surface area contributed by atoms with Gasteiger partial charge in [0.15, 0.2) is 0 Å². The van der Waals surface area contributed by atoms with Gasteiger partial charge in [-0.2, -0.15) is 17.0 Å². The molecule has 138 valence electrons. The van der Waals surface area contributed by atoms with Crippen molar-refractivity contribution in [1.82, 2.24) is 8.61 Å². The highest BCUT2D eigenvalue weighted by Crippen LogP contribution is 2.21. The molecule has 2 aromatic carbocycles. The van der Waals surface area contributed by atoms with Crippen LogP contribution in [0.15, 0.2) is 48.5 Å². The van der Waals surface area contributed by atoms with Crippen LogP contribution in [0.25, 0.3) is 0 Å². The maximum atomic E-state index is 12.7. The first-order chi connectivity index (χ1) is 12.4. The number of nitrogens with zero attached hydrogens (tertiary/aromatic N) is 2. The number of halogens is 1. The fourth-order valence-electron chi connectivity index (χ4n) is 2.79. The average Bonchev–Trinajstić information content (AvgIpc) is 2.86. The molecule has 1 aliphatic rings. The topological polar surface area (TPSA) is 69.7 Å². The monoisotopic (exact) mass is 393 g/mol. The Morgan fingerprint density at radius 3 is 2.42 bits per heavy atom. The molecule has 3 rings (SSSR count). The lowest BCUT2D eigenvalue weighted by Crippen LogP contribution is -2.37. The van der Waals surface area contributed by atoms with Crippen LogP contribution >= 0.6 is 11.6 Å². The van der Waals surface area contributed by atoms with Gasteiger partial charge in [-0.3, -0.25) is 4.79 Å². The van der Waals surface area contributed by atoms with Crippen molar-refractivity contribution in [2.75, 3.05) is 25.0 Å². The van der Waals surface area contributed by atoms with Crippen LogP contribution in [0, 0.1) is 6.92 Å². The second kappa shape index (κ2) is 7.75. The number of benzene rings is 2. The molecule has 0 radical (unpaired) electrons. The molecule has 1 N–H and O–H groups in total. The van der Waals surface area contributed by atoms with Crippen LogP contribution in [0.2, 0.25) is 5.02 Å². The Bertz CT molecular complexity index is 900. The number of anilines is 1. The molecular formula is C18H20ClN3O3S. The molecule has 6 nitrogen and oxygen atoms in total. The van der Waals surface area contributed by atoms with Crippen molar-refractivity contribution in [1.29, 1.82) is 0 Å². The predicted octanol–water partition coefficient (Wildman–Crippen LogP) is 2.65. The third kappa shape index (κ3) is 4.24. The maximum Gasteiger partial charge on any atom is 0.282 e. The zero-order chi connectivity index (χ0) is 18.7. The van der Waals surface area contributed by atoms with Gasteiger partial charge in [-0.05, 0) is 36.2 Å². The first kappa shape index (κ1) is 18.8. The fraction of sp³-hybridized carbons (Fsp3) is 0.278. The quantitative estimate of drug-likeness (QED) is 0.848. The van der Waals surface area contributed by atoms with Crippen LogP contribution in [0.4, 0.5) is 5.69 Å². The van der Waals surface area contributed by atoms with E-state index in [0.717, 1.165) is 11.1 Å². The summed E-state index contributed by atoms with van der Waals surface area (Å²) >= 11 is 5.86. The highest BCUT2D eigenvalue weighted by Gasteiger charge is 2.37. The minimum absolute atomic E-state index is 0.201. The SMILES string of the molecule is Cc1ccccc1NC(=O)CN1CCN(Cc2ccc(Cl)cc2)S1(=O)=O. The number of hydrogen-bond acceptors (Lipinski definition) is 3. The minimum Gasteiger partial charge on any atom is -0.325 e. The van der Waals surface area contributed by atoms with Gasteiger partial charge in [-0.15, -0.1) is 0 Å². The Labute approximate surface area is 158 Å². The molecule has 0 aromatic heterocycles. The van der Waals surface area contributed by atoms with Crippen molar-refractivity contribution >= 4 is 33.4 Å². The highest BCUT2D eigenvalue weighted by atomic mass is 35.5. The number of rotatable bonds is 5. The third-order valence-electron chi connectivity index (χ3n) is 4.26. The van der Waals surface area contributed by atoms with E-state index in [1.807, 2.05) is 25.1 Å². The Morgan fingerprint density at radius 2 is 1.73 bits per heavy atom. The van der Waals surface area contributed by atoms with Gasteiger partial charge in [0.05, 0.1) is 6.54 Å². The molecular weight excluding hydrogens is 374 g/mol. The van der Waals surface area contributed by atoms with Gasteiger partial charge in [0.2, 0.25) is 5.91 Å². The summed E-state index contributed by atoms with van der Waals surface area (Å²) in [5, 5.41) is 3.37. The van der Waals surface area contributed by atoms with Gasteiger partial charge in [0.1, 0.15) is 0 Å². The first-order valence-corrected chi connectivity index (χ1v) is 9.99. The van der Waals surface area contributed by atoms with E-state index in [0.29, 0.717) is 17.3 Å². The van der Waals surface area contributed by atoms with Crippen molar-refractivity contribution in [2.45, 2.75) is 13.5 Å². The summed E-state index contributed by atoms with van der Waals surface area (Å²) in [4.78, 5) is 12.3. The fourth-order valence-corrected chi connectivity index (χ4v) is 4.46. The summed E-state index contributed by atoms with van der Waals surface area (Å²) < 4.78 is 27.9.